The molecule has 2 atom stereocenters. The number of phenols is 1. The first kappa shape index (κ1) is 18.1. The topological polar surface area (TPSA) is 76.1 Å². The van der Waals surface area contributed by atoms with Crippen molar-refractivity contribution in [1.29, 1.82) is 0 Å². The molecule has 1 saturated carbocycles. The Morgan fingerprint density at radius 3 is 2.59 bits per heavy atom. The Hall–Kier alpha value is -2.28. The molecule has 4 rings (SSSR count). The van der Waals surface area contributed by atoms with Crippen LogP contribution < -0.4 is 10.2 Å². The van der Waals surface area contributed by atoms with Crippen molar-refractivity contribution < 1.29 is 14.7 Å². The van der Waals surface area contributed by atoms with Gasteiger partial charge in [0.2, 0.25) is 0 Å². The first-order valence-electron chi connectivity index (χ1n) is 9.91. The standard InChI is InChI=1S/C20H28N4O3/c1-15-6-4-5-9-20(15)18(26)24(19(27)21-20)14-22-10-12-23(13-11-22)16-7-2-3-8-17(16)25/h2-3,7-8,15,25H,4-6,9-14H2,1H3,(H,21,27)/t15-,20-/m0/s1. The fourth-order valence-electron chi connectivity index (χ4n) is 4.69. The fraction of sp³-hybridized carbons (Fsp3) is 0.600. The van der Waals surface area contributed by atoms with E-state index in [1.807, 2.05) is 18.2 Å². The number of imide groups is 1. The maximum absolute atomic E-state index is 13.1. The van der Waals surface area contributed by atoms with Gasteiger partial charge in [-0.05, 0) is 30.9 Å². The second kappa shape index (κ2) is 7.03. The molecule has 146 valence electrons. The molecule has 1 aromatic rings. The molecule has 27 heavy (non-hydrogen) atoms. The third kappa shape index (κ3) is 3.14. The van der Waals surface area contributed by atoms with Gasteiger partial charge in [0, 0.05) is 26.2 Å². The number of benzene rings is 1. The third-order valence-electron chi connectivity index (χ3n) is 6.44. The van der Waals surface area contributed by atoms with E-state index in [-0.39, 0.29) is 23.6 Å². The second-order valence-electron chi connectivity index (χ2n) is 8.02. The predicted octanol–water partition coefficient (Wildman–Crippen LogP) is 1.97. The number of nitrogens with one attached hydrogen (secondary N) is 1. The molecule has 0 bridgehead atoms. The van der Waals surface area contributed by atoms with E-state index < -0.39 is 5.54 Å². The summed E-state index contributed by atoms with van der Waals surface area (Å²) in [5.41, 5.74) is 0.148. The van der Waals surface area contributed by atoms with Crippen LogP contribution in [0.5, 0.6) is 5.75 Å². The minimum absolute atomic E-state index is 0.0529. The highest BCUT2D eigenvalue weighted by atomic mass is 16.3. The van der Waals surface area contributed by atoms with Crippen molar-refractivity contribution in [2.75, 3.05) is 37.7 Å². The van der Waals surface area contributed by atoms with Gasteiger partial charge in [0.05, 0.1) is 12.4 Å². The van der Waals surface area contributed by atoms with Crippen LogP contribution in [-0.4, -0.2) is 65.2 Å². The largest absolute Gasteiger partial charge is 0.506 e. The highest BCUT2D eigenvalue weighted by Crippen LogP contribution is 2.38. The number of nitrogens with zero attached hydrogens (tertiary/aromatic N) is 3. The number of para-hydroxylation sites is 2. The molecule has 3 amide bonds. The summed E-state index contributed by atoms with van der Waals surface area (Å²) < 4.78 is 0. The van der Waals surface area contributed by atoms with Gasteiger partial charge in [-0.1, -0.05) is 31.9 Å². The zero-order valence-corrected chi connectivity index (χ0v) is 15.9. The lowest BCUT2D eigenvalue weighted by Gasteiger charge is -2.38. The minimum Gasteiger partial charge on any atom is -0.506 e. The molecular formula is C20H28N4O3. The first-order chi connectivity index (χ1) is 13.0. The van der Waals surface area contributed by atoms with Gasteiger partial charge in [-0.25, -0.2) is 9.69 Å². The molecule has 1 spiro atoms. The van der Waals surface area contributed by atoms with E-state index in [1.54, 1.807) is 6.07 Å². The van der Waals surface area contributed by atoms with Crippen molar-refractivity contribution in [3.63, 3.8) is 0 Å². The van der Waals surface area contributed by atoms with Gasteiger partial charge in [0.15, 0.2) is 0 Å². The maximum atomic E-state index is 13.1. The normalized spacial score (nSPS) is 29.4. The lowest BCUT2D eigenvalue weighted by Crippen LogP contribution is -2.55. The highest BCUT2D eigenvalue weighted by molar-refractivity contribution is 6.07. The minimum atomic E-state index is -0.688. The summed E-state index contributed by atoms with van der Waals surface area (Å²) in [6, 6.07) is 7.09. The monoisotopic (exact) mass is 372 g/mol. The van der Waals surface area contributed by atoms with E-state index in [0.717, 1.165) is 57.5 Å². The Labute approximate surface area is 159 Å². The van der Waals surface area contributed by atoms with Crippen molar-refractivity contribution in [1.82, 2.24) is 15.1 Å². The molecule has 3 aliphatic rings. The summed E-state index contributed by atoms with van der Waals surface area (Å²) in [6.07, 6.45) is 3.85. The number of rotatable bonds is 3. The van der Waals surface area contributed by atoms with Crippen LogP contribution >= 0.6 is 0 Å². The summed E-state index contributed by atoms with van der Waals surface area (Å²) in [7, 11) is 0. The van der Waals surface area contributed by atoms with Crippen molar-refractivity contribution in [3.05, 3.63) is 24.3 Å². The van der Waals surface area contributed by atoms with E-state index >= 15 is 0 Å². The number of hydrogen-bond acceptors (Lipinski definition) is 5. The third-order valence-corrected chi connectivity index (χ3v) is 6.44. The summed E-state index contributed by atoms with van der Waals surface area (Å²) in [6.45, 7) is 5.41. The Balaban J connectivity index is 1.38. The molecule has 2 heterocycles. The van der Waals surface area contributed by atoms with Crippen LogP contribution in [0.2, 0.25) is 0 Å². The Morgan fingerprint density at radius 1 is 1.15 bits per heavy atom. The number of piperazine rings is 1. The average molecular weight is 372 g/mol. The van der Waals surface area contributed by atoms with Gasteiger partial charge in [-0.3, -0.25) is 9.69 Å². The average Bonchev–Trinajstić information content (AvgIpc) is 2.90. The first-order valence-corrected chi connectivity index (χ1v) is 9.91. The van der Waals surface area contributed by atoms with E-state index in [4.69, 9.17) is 0 Å². The van der Waals surface area contributed by atoms with Crippen molar-refractivity contribution >= 4 is 17.6 Å². The van der Waals surface area contributed by atoms with Crippen molar-refractivity contribution in [3.8, 4) is 5.75 Å². The molecule has 2 aliphatic heterocycles. The van der Waals surface area contributed by atoms with Crippen LogP contribution in [0, 0.1) is 5.92 Å². The maximum Gasteiger partial charge on any atom is 0.326 e. The van der Waals surface area contributed by atoms with Crippen LogP contribution in [-0.2, 0) is 4.79 Å². The Kier molecular flexibility index (Phi) is 4.72. The zero-order valence-electron chi connectivity index (χ0n) is 15.9. The van der Waals surface area contributed by atoms with Crippen LogP contribution in [0.15, 0.2) is 24.3 Å². The number of hydrogen-bond donors (Lipinski definition) is 2. The number of phenolic OH excluding ortho intramolecular Hbond substituents is 1. The van der Waals surface area contributed by atoms with Gasteiger partial charge in [-0.2, -0.15) is 0 Å². The van der Waals surface area contributed by atoms with Gasteiger partial charge >= 0.3 is 6.03 Å². The molecule has 2 N–H and O–H groups in total. The van der Waals surface area contributed by atoms with Crippen LogP contribution in [0.25, 0.3) is 0 Å². The quantitative estimate of drug-likeness (QED) is 0.794. The predicted molar refractivity (Wildman–Crippen MR) is 103 cm³/mol. The van der Waals surface area contributed by atoms with Crippen LogP contribution in [0.3, 0.4) is 0 Å². The SMILES string of the molecule is C[C@H]1CCCC[C@]12NC(=O)N(CN1CCN(c3ccccc3O)CC1)C2=O. The van der Waals surface area contributed by atoms with Crippen LogP contribution in [0.4, 0.5) is 10.5 Å². The summed E-state index contributed by atoms with van der Waals surface area (Å²) in [4.78, 5) is 31.3. The number of aromatic hydroxyl groups is 1. The van der Waals surface area contributed by atoms with Crippen LogP contribution in [0.1, 0.15) is 32.6 Å². The number of carbonyl (C=O) groups excluding carboxylic acids is 2. The van der Waals surface area contributed by atoms with Gasteiger partial charge in [0.1, 0.15) is 11.3 Å². The molecule has 1 aromatic carbocycles. The molecule has 0 radical (unpaired) electrons. The molecule has 0 aromatic heterocycles. The second-order valence-corrected chi connectivity index (χ2v) is 8.02. The molecule has 3 fully saturated rings. The molecule has 1 aliphatic carbocycles. The Morgan fingerprint density at radius 2 is 1.89 bits per heavy atom. The van der Waals surface area contributed by atoms with Gasteiger partial charge in [0.25, 0.3) is 5.91 Å². The van der Waals surface area contributed by atoms with E-state index in [0.29, 0.717) is 6.67 Å². The number of carbonyl (C=O) groups is 2. The smallest absolute Gasteiger partial charge is 0.326 e. The Bertz CT molecular complexity index is 732. The summed E-state index contributed by atoms with van der Waals surface area (Å²) in [5.74, 6) is 0.418. The molecule has 0 unspecified atom stereocenters. The van der Waals surface area contributed by atoms with E-state index in [9.17, 15) is 14.7 Å². The number of urea groups is 1. The van der Waals surface area contributed by atoms with Gasteiger partial charge < -0.3 is 15.3 Å². The van der Waals surface area contributed by atoms with Crippen molar-refractivity contribution in [2.24, 2.45) is 5.92 Å². The van der Waals surface area contributed by atoms with E-state index in [1.165, 1.54) is 4.90 Å². The summed E-state index contributed by atoms with van der Waals surface area (Å²) >= 11 is 0. The molecule has 2 saturated heterocycles. The van der Waals surface area contributed by atoms with Gasteiger partial charge in [-0.15, -0.1) is 0 Å². The lowest BCUT2D eigenvalue weighted by atomic mass is 9.73. The number of amides is 3. The lowest BCUT2D eigenvalue weighted by molar-refractivity contribution is -0.135. The molecule has 7 heteroatoms. The summed E-state index contributed by atoms with van der Waals surface area (Å²) in [5, 5.41) is 13.1. The molecular weight excluding hydrogens is 344 g/mol. The highest BCUT2D eigenvalue weighted by Gasteiger charge is 2.55. The zero-order chi connectivity index (χ0) is 19.0. The fourth-order valence-corrected chi connectivity index (χ4v) is 4.69. The number of anilines is 1. The van der Waals surface area contributed by atoms with Crippen molar-refractivity contribution in [2.45, 2.75) is 38.1 Å². The van der Waals surface area contributed by atoms with E-state index in [2.05, 4.69) is 22.0 Å². The molecule has 7 nitrogen and oxygen atoms in total.